The first-order chi connectivity index (χ1) is 15.7. The second-order valence-corrected chi connectivity index (χ2v) is 8.27. The summed E-state index contributed by atoms with van der Waals surface area (Å²) in [5, 5.41) is 18.9. The second-order valence-electron chi connectivity index (χ2n) is 8.27. The predicted molar refractivity (Wildman–Crippen MR) is 122 cm³/mol. The molecule has 8 nitrogen and oxygen atoms in total. The molecular weight excluding hydrogens is 402 g/mol. The van der Waals surface area contributed by atoms with Gasteiger partial charge in [-0.3, -0.25) is 4.79 Å². The summed E-state index contributed by atoms with van der Waals surface area (Å²) in [6.45, 7) is 4.19. The van der Waals surface area contributed by atoms with Crippen molar-refractivity contribution in [1.82, 2.24) is 30.6 Å². The van der Waals surface area contributed by atoms with Crippen molar-refractivity contribution in [2.24, 2.45) is 5.92 Å². The second kappa shape index (κ2) is 8.74. The lowest BCUT2D eigenvalue weighted by molar-refractivity contribution is -0.125. The maximum absolute atomic E-state index is 12.8. The summed E-state index contributed by atoms with van der Waals surface area (Å²) in [5.74, 6) is 0.967. The number of amides is 1. The Hall–Kier alpha value is -3.81. The zero-order valence-corrected chi connectivity index (χ0v) is 18.0. The van der Waals surface area contributed by atoms with E-state index in [-0.39, 0.29) is 11.8 Å². The van der Waals surface area contributed by atoms with Crippen LogP contribution in [0.25, 0.3) is 16.8 Å². The number of nitrogens with zero attached hydrogens (tertiary/aromatic N) is 6. The van der Waals surface area contributed by atoms with Crippen LogP contribution in [0.3, 0.4) is 0 Å². The number of fused-ring (bicyclic) bond motifs is 1. The van der Waals surface area contributed by atoms with Crippen molar-refractivity contribution in [2.45, 2.75) is 26.3 Å². The molecule has 1 aliphatic rings. The van der Waals surface area contributed by atoms with Crippen LogP contribution < -0.4 is 10.2 Å². The van der Waals surface area contributed by atoms with Gasteiger partial charge in [0.2, 0.25) is 5.91 Å². The maximum Gasteiger partial charge on any atom is 0.223 e. The summed E-state index contributed by atoms with van der Waals surface area (Å²) >= 11 is 0. The molecule has 8 heteroatoms. The number of aryl methyl sites for hydroxylation is 1. The molecule has 1 N–H and O–H groups in total. The molecule has 1 aliphatic heterocycles. The highest BCUT2D eigenvalue weighted by Gasteiger charge is 2.25. The number of tetrazole rings is 1. The maximum atomic E-state index is 12.8. The Labute approximate surface area is 186 Å². The van der Waals surface area contributed by atoms with Gasteiger partial charge in [0.15, 0.2) is 11.5 Å². The molecule has 2 aromatic carbocycles. The molecule has 3 heterocycles. The van der Waals surface area contributed by atoms with Crippen LogP contribution in [0, 0.1) is 12.8 Å². The molecule has 1 saturated heterocycles. The average Bonchev–Trinajstić information content (AvgIpc) is 3.31. The number of carbonyl (C=O) groups is 1. The third kappa shape index (κ3) is 4.30. The molecule has 1 fully saturated rings. The molecule has 0 atom stereocenters. The molecule has 32 heavy (non-hydrogen) atoms. The van der Waals surface area contributed by atoms with Crippen LogP contribution >= 0.6 is 0 Å². The molecule has 0 aliphatic carbocycles. The van der Waals surface area contributed by atoms with Crippen LogP contribution in [-0.4, -0.2) is 44.3 Å². The zero-order chi connectivity index (χ0) is 21.9. The van der Waals surface area contributed by atoms with Gasteiger partial charge in [0, 0.05) is 25.6 Å². The van der Waals surface area contributed by atoms with E-state index in [1.165, 1.54) is 21.3 Å². The number of hydrogen-bond donors (Lipinski definition) is 1. The third-order valence-corrected chi connectivity index (χ3v) is 5.99. The van der Waals surface area contributed by atoms with Crippen molar-refractivity contribution in [1.29, 1.82) is 0 Å². The van der Waals surface area contributed by atoms with Crippen molar-refractivity contribution >= 4 is 17.4 Å². The Morgan fingerprint density at radius 1 is 1.03 bits per heavy atom. The molecule has 0 bridgehead atoms. The lowest BCUT2D eigenvalue weighted by Gasteiger charge is -2.31. The average molecular weight is 428 g/mol. The van der Waals surface area contributed by atoms with Gasteiger partial charge in [-0.15, -0.1) is 14.8 Å². The number of carbonyl (C=O) groups excluding carboxylic acids is 1. The number of aromatic nitrogens is 5. The fourth-order valence-corrected chi connectivity index (χ4v) is 4.20. The third-order valence-electron chi connectivity index (χ3n) is 5.99. The summed E-state index contributed by atoms with van der Waals surface area (Å²) in [6.07, 6.45) is 1.59. The monoisotopic (exact) mass is 427 g/mol. The van der Waals surface area contributed by atoms with E-state index in [2.05, 4.69) is 80.2 Å². The Kier molecular flexibility index (Phi) is 5.49. The quantitative estimate of drug-likeness (QED) is 0.527. The molecule has 0 spiro atoms. The predicted octanol–water partition coefficient (Wildman–Crippen LogP) is 3.03. The van der Waals surface area contributed by atoms with E-state index in [4.69, 9.17) is 0 Å². The summed E-state index contributed by atoms with van der Waals surface area (Å²) in [5.41, 5.74) is 5.32. The van der Waals surface area contributed by atoms with Gasteiger partial charge in [0.25, 0.3) is 0 Å². The number of anilines is 1. The van der Waals surface area contributed by atoms with Crippen LogP contribution in [0.2, 0.25) is 0 Å². The normalized spacial score (nSPS) is 14.6. The molecular formula is C24H25N7O. The van der Waals surface area contributed by atoms with Crippen LogP contribution in [0.5, 0.6) is 0 Å². The van der Waals surface area contributed by atoms with E-state index in [0.29, 0.717) is 12.2 Å². The lowest BCUT2D eigenvalue weighted by Crippen LogP contribution is -2.40. The van der Waals surface area contributed by atoms with Gasteiger partial charge < -0.3 is 10.2 Å². The highest BCUT2D eigenvalue weighted by Crippen LogP contribution is 2.23. The SMILES string of the molecule is Cc1cccc(-c2cccc(CNC(=O)C3CCN(c4ccc5nnnn5n4)CC3)c2)c1. The van der Waals surface area contributed by atoms with Gasteiger partial charge in [-0.2, -0.15) is 0 Å². The summed E-state index contributed by atoms with van der Waals surface area (Å²) in [7, 11) is 0. The van der Waals surface area contributed by atoms with E-state index in [1.54, 1.807) is 0 Å². The van der Waals surface area contributed by atoms with Gasteiger partial charge in [-0.25, -0.2) is 0 Å². The van der Waals surface area contributed by atoms with Crippen molar-refractivity contribution in [3.05, 3.63) is 71.8 Å². The minimum Gasteiger partial charge on any atom is -0.355 e. The van der Waals surface area contributed by atoms with Crippen molar-refractivity contribution in [2.75, 3.05) is 18.0 Å². The first kappa shape index (κ1) is 20.1. The van der Waals surface area contributed by atoms with Gasteiger partial charge in [0.05, 0.1) is 0 Å². The van der Waals surface area contributed by atoms with Crippen LogP contribution in [0.15, 0.2) is 60.7 Å². The zero-order valence-electron chi connectivity index (χ0n) is 18.0. The number of nitrogens with one attached hydrogen (secondary N) is 1. The van der Waals surface area contributed by atoms with Gasteiger partial charge in [-0.1, -0.05) is 48.0 Å². The molecule has 162 valence electrons. The molecule has 2 aromatic heterocycles. The number of rotatable bonds is 5. The van der Waals surface area contributed by atoms with Crippen LogP contribution in [0.4, 0.5) is 5.82 Å². The standard InChI is InChI=1S/C24H25N7O/c1-17-4-2-6-20(14-17)21-7-3-5-18(15-21)16-25-24(32)19-10-12-30(13-11-19)23-9-8-22-26-28-29-31(22)27-23/h2-9,14-15,19H,10-13,16H2,1H3,(H,25,32). The fourth-order valence-electron chi connectivity index (χ4n) is 4.20. The Morgan fingerprint density at radius 3 is 2.62 bits per heavy atom. The topological polar surface area (TPSA) is 88.3 Å². The van der Waals surface area contributed by atoms with Crippen molar-refractivity contribution in [3.8, 4) is 11.1 Å². The highest BCUT2D eigenvalue weighted by molar-refractivity contribution is 5.79. The van der Waals surface area contributed by atoms with Gasteiger partial charge in [0.1, 0.15) is 0 Å². The molecule has 4 aromatic rings. The Balaban J connectivity index is 1.16. The van der Waals surface area contributed by atoms with Crippen LogP contribution in [0.1, 0.15) is 24.0 Å². The van der Waals surface area contributed by atoms with E-state index >= 15 is 0 Å². The molecule has 1 amide bonds. The van der Waals surface area contributed by atoms with Gasteiger partial charge >= 0.3 is 0 Å². The summed E-state index contributed by atoms with van der Waals surface area (Å²) in [6, 6.07) is 20.6. The summed E-state index contributed by atoms with van der Waals surface area (Å²) in [4.78, 5) is 15.0. The number of hydrogen-bond acceptors (Lipinski definition) is 6. The summed E-state index contributed by atoms with van der Waals surface area (Å²) < 4.78 is 1.43. The molecule has 0 unspecified atom stereocenters. The Morgan fingerprint density at radius 2 is 1.81 bits per heavy atom. The van der Waals surface area contributed by atoms with Gasteiger partial charge in [-0.05, 0) is 65.1 Å². The highest BCUT2D eigenvalue weighted by atomic mass is 16.1. The molecule has 0 radical (unpaired) electrons. The van der Waals surface area contributed by atoms with Crippen molar-refractivity contribution < 1.29 is 4.79 Å². The van der Waals surface area contributed by atoms with E-state index < -0.39 is 0 Å². The van der Waals surface area contributed by atoms with E-state index in [9.17, 15) is 4.79 Å². The van der Waals surface area contributed by atoms with E-state index in [1.807, 2.05) is 18.2 Å². The Bertz CT molecular complexity index is 1240. The first-order valence-corrected chi connectivity index (χ1v) is 10.9. The number of benzene rings is 2. The molecule has 0 saturated carbocycles. The van der Waals surface area contributed by atoms with Crippen molar-refractivity contribution in [3.63, 3.8) is 0 Å². The minimum atomic E-state index is 0.0166. The van der Waals surface area contributed by atoms with Crippen LogP contribution in [-0.2, 0) is 11.3 Å². The smallest absolute Gasteiger partial charge is 0.223 e. The molecule has 5 rings (SSSR count). The first-order valence-electron chi connectivity index (χ1n) is 10.9. The fraction of sp³-hybridized carbons (Fsp3) is 0.292. The minimum absolute atomic E-state index is 0.0166. The largest absolute Gasteiger partial charge is 0.355 e. The van der Waals surface area contributed by atoms with E-state index in [0.717, 1.165) is 37.3 Å². The lowest BCUT2D eigenvalue weighted by atomic mass is 9.95. The number of piperidine rings is 1.